The van der Waals surface area contributed by atoms with Crippen LogP contribution in [0.3, 0.4) is 0 Å². The number of aromatic nitrogens is 2. The Kier molecular flexibility index (Phi) is 4.60. The molecule has 176 valence electrons. The number of anilines is 1. The summed E-state index contributed by atoms with van der Waals surface area (Å²) in [5, 5.41) is 9.28. The lowest BCUT2D eigenvalue weighted by molar-refractivity contribution is -0.302. The predicted molar refractivity (Wildman–Crippen MR) is 115 cm³/mol. The lowest BCUT2D eigenvalue weighted by atomic mass is 9.74. The average molecular weight is 470 g/mol. The SMILES string of the molecule is N#Cc1ccc2ncn(C[C@@]34CCC[C@@]5(CN(c6ccc(OC(F)(F)F)cc6)C(O5)O3)C4)c2c1. The highest BCUT2D eigenvalue weighted by atomic mass is 19.4. The molecule has 2 aromatic carbocycles. The summed E-state index contributed by atoms with van der Waals surface area (Å²) in [7, 11) is 0. The summed E-state index contributed by atoms with van der Waals surface area (Å²) in [6.45, 7) is 1.17. The van der Waals surface area contributed by atoms with Crippen molar-refractivity contribution in [1.29, 1.82) is 5.26 Å². The molecule has 0 radical (unpaired) electrons. The number of fused-ring (bicyclic) bond motifs is 3. The number of hydrogen-bond donors (Lipinski definition) is 0. The van der Waals surface area contributed by atoms with Crippen LogP contribution < -0.4 is 9.64 Å². The molecule has 1 saturated carbocycles. The van der Waals surface area contributed by atoms with Gasteiger partial charge >= 0.3 is 6.36 Å². The Labute approximate surface area is 193 Å². The van der Waals surface area contributed by atoms with E-state index in [4.69, 9.17) is 9.47 Å². The van der Waals surface area contributed by atoms with Crippen molar-refractivity contribution < 1.29 is 27.4 Å². The minimum Gasteiger partial charge on any atom is -0.406 e. The smallest absolute Gasteiger partial charge is 0.406 e. The number of ether oxygens (including phenoxy) is 3. The zero-order valence-electron chi connectivity index (χ0n) is 18.1. The van der Waals surface area contributed by atoms with Crippen LogP contribution in [0.25, 0.3) is 11.0 Å². The third-order valence-corrected chi connectivity index (χ3v) is 6.93. The number of rotatable bonds is 4. The Hall–Kier alpha value is -3.29. The molecule has 2 saturated heterocycles. The summed E-state index contributed by atoms with van der Waals surface area (Å²) >= 11 is 0. The van der Waals surface area contributed by atoms with Crippen LogP contribution in [-0.4, -0.2) is 40.1 Å². The van der Waals surface area contributed by atoms with Crippen molar-refractivity contribution in [3.8, 4) is 11.8 Å². The number of nitriles is 1. The van der Waals surface area contributed by atoms with Gasteiger partial charge in [-0.3, -0.25) is 0 Å². The van der Waals surface area contributed by atoms with Crippen molar-refractivity contribution >= 4 is 16.7 Å². The molecule has 1 aliphatic carbocycles. The van der Waals surface area contributed by atoms with Gasteiger partial charge in [-0.1, -0.05) is 0 Å². The molecule has 0 amide bonds. The van der Waals surface area contributed by atoms with E-state index in [1.807, 2.05) is 21.6 Å². The van der Waals surface area contributed by atoms with Crippen molar-refractivity contribution in [2.75, 3.05) is 11.4 Å². The molecule has 3 aliphatic rings. The lowest BCUT2D eigenvalue weighted by Crippen LogP contribution is -2.55. The van der Waals surface area contributed by atoms with E-state index in [0.29, 0.717) is 30.8 Å². The number of hydrogen-bond acceptors (Lipinski definition) is 6. The van der Waals surface area contributed by atoms with Gasteiger partial charge in [0.1, 0.15) is 5.75 Å². The van der Waals surface area contributed by atoms with E-state index in [1.165, 1.54) is 12.1 Å². The van der Waals surface area contributed by atoms with E-state index in [2.05, 4.69) is 15.8 Å². The van der Waals surface area contributed by atoms with Crippen LogP contribution in [-0.2, 0) is 16.0 Å². The van der Waals surface area contributed by atoms with Crippen molar-refractivity contribution in [2.45, 2.75) is 56.2 Å². The Balaban J connectivity index is 1.27. The molecule has 2 aliphatic heterocycles. The second-order valence-corrected chi connectivity index (χ2v) is 9.30. The molecule has 1 spiro atoms. The molecule has 10 heteroatoms. The maximum Gasteiger partial charge on any atom is 0.573 e. The van der Waals surface area contributed by atoms with Crippen LogP contribution in [0.5, 0.6) is 5.75 Å². The zero-order valence-corrected chi connectivity index (χ0v) is 18.1. The molecule has 7 nitrogen and oxygen atoms in total. The quantitative estimate of drug-likeness (QED) is 0.550. The maximum absolute atomic E-state index is 12.5. The van der Waals surface area contributed by atoms with Crippen LogP contribution >= 0.6 is 0 Å². The van der Waals surface area contributed by atoms with Crippen molar-refractivity contribution in [3.63, 3.8) is 0 Å². The van der Waals surface area contributed by atoms with Crippen LogP contribution in [0.15, 0.2) is 48.8 Å². The second-order valence-electron chi connectivity index (χ2n) is 9.30. The normalized spacial score (nSPS) is 28.2. The average Bonchev–Trinajstić information content (AvgIpc) is 3.31. The Morgan fingerprint density at radius 2 is 1.97 bits per heavy atom. The lowest BCUT2D eigenvalue weighted by Gasteiger charge is -2.49. The highest BCUT2D eigenvalue weighted by Crippen LogP contribution is 2.52. The highest BCUT2D eigenvalue weighted by molar-refractivity contribution is 5.77. The number of benzene rings is 2. The van der Waals surface area contributed by atoms with Gasteiger partial charge in [0.15, 0.2) is 0 Å². The van der Waals surface area contributed by atoms with Gasteiger partial charge in [-0.05, 0) is 61.7 Å². The van der Waals surface area contributed by atoms with Gasteiger partial charge in [0, 0.05) is 12.1 Å². The van der Waals surface area contributed by atoms with E-state index >= 15 is 0 Å². The molecule has 6 rings (SSSR count). The molecular weight excluding hydrogens is 449 g/mol. The Morgan fingerprint density at radius 1 is 1.15 bits per heavy atom. The van der Waals surface area contributed by atoms with Gasteiger partial charge in [0.25, 0.3) is 0 Å². The monoisotopic (exact) mass is 470 g/mol. The Bertz CT molecular complexity index is 1290. The van der Waals surface area contributed by atoms with Crippen molar-refractivity contribution in [3.05, 3.63) is 54.4 Å². The molecule has 1 aromatic heterocycles. The summed E-state index contributed by atoms with van der Waals surface area (Å²) in [4.78, 5) is 6.44. The first-order valence-corrected chi connectivity index (χ1v) is 11.1. The summed E-state index contributed by atoms with van der Waals surface area (Å²) in [6.07, 6.45) is -0.185. The summed E-state index contributed by atoms with van der Waals surface area (Å²) in [5.41, 5.74) is 2.14. The minimum atomic E-state index is -4.73. The van der Waals surface area contributed by atoms with E-state index < -0.39 is 18.4 Å². The van der Waals surface area contributed by atoms with Gasteiger partial charge in [0.05, 0.1) is 53.3 Å². The van der Waals surface area contributed by atoms with Gasteiger partial charge in [0.2, 0.25) is 6.41 Å². The predicted octanol–water partition coefficient (Wildman–Crippen LogP) is 4.71. The zero-order chi connectivity index (χ0) is 23.6. The molecule has 3 atom stereocenters. The van der Waals surface area contributed by atoms with E-state index in [0.717, 1.165) is 30.3 Å². The van der Waals surface area contributed by atoms with Crippen LogP contribution in [0.4, 0.5) is 18.9 Å². The van der Waals surface area contributed by atoms with Crippen LogP contribution in [0, 0.1) is 11.3 Å². The standard InChI is InChI=1S/C24H21F3N4O3/c25-24(26,27)32-18-5-3-17(4-6-18)31-14-23-9-1-8-22(12-23,33-21(31)34-23)13-30-15-29-19-7-2-16(11-28)10-20(19)30/h2-7,10,15,21H,1,8-9,12-14H2/t21?,22-,23-/m0/s1. The molecular formula is C24H21F3N4O3. The fourth-order valence-corrected chi connectivity index (χ4v) is 5.62. The number of imidazole rings is 1. The summed E-state index contributed by atoms with van der Waals surface area (Å²) in [6, 6.07) is 13.4. The Morgan fingerprint density at radius 3 is 2.74 bits per heavy atom. The van der Waals surface area contributed by atoms with Gasteiger partial charge in [-0.25, -0.2) is 4.98 Å². The molecule has 3 bridgehead atoms. The van der Waals surface area contributed by atoms with Crippen LogP contribution in [0.2, 0.25) is 0 Å². The highest BCUT2D eigenvalue weighted by Gasteiger charge is 2.59. The van der Waals surface area contributed by atoms with Crippen molar-refractivity contribution in [2.24, 2.45) is 0 Å². The molecule has 1 unspecified atom stereocenters. The van der Waals surface area contributed by atoms with Crippen molar-refractivity contribution in [1.82, 2.24) is 9.55 Å². The van der Waals surface area contributed by atoms with Gasteiger partial charge < -0.3 is 23.7 Å². The first-order valence-electron chi connectivity index (χ1n) is 11.1. The second kappa shape index (κ2) is 7.35. The van der Waals surface area contributed by atoms with E-state index in [9.17, 15) is 18.4 Å². The third kappa shape index (κ3) is 3.65. The van der Waals surface area contributed by atoms with Gasteiger partial charge in [-0.15, -0.1) is 13.2 Å². The third-order valence-electron chi connectivity index (χ3n) is 6.93. The topological polar surface area (TPSA) is 72.5 Å². The first kappa shape index (κ1) is 21.3. The number of nitrogens with zero attached hydrogens (tertiary/aromatic N) is 4. The van der Waals surface area contributed by atoms with E-state index in [1.54, 1.807) is 24.5 Å². The fourth-order valence-electron chi connectivity index (χ4n) is 5.62. The first-order chi connectivity index (χ1) is 16.3. The minimum absolute atomic E-state index is 0.266. The van der Waals surface area contributed by atoms with Crippen LogP contribution in [0.1, 0.15) is 31.2 Å². The summed E-state index contributed by atoms with van der Waals surface area (Å²) in [5.74, 6) is -0.266. The molecule has 3 aromatic rings. The maximum atomic E-state index is 12.5. The number of alkyl halides is 3. The molecule has 3 heterocycles. The fraction of sp³-hybridized carbons (Fsp3) is 0.417. The molecule has 34 heavy (non-hydrogen) atoms. The van der Waals surface area contributed by atoms with Gasteiger partial charge in [-0.2, -0.15) is 5.26 Å². The largest absolute Gasteiger partial charge is 0.573 e. The summed E-state index contributed by atoms with van der Waals surface area (Å²) < 4.78 is 56.4. The van der Waals surface area contributed by atoms with E-state index in [-0.39, 0.29) is 11.4 Å². The number of halogens is 3. The molecule has 0 N–H and O–H groups in total. The molecule has 3 fully saturated rings.